The highest BCUT2D eigenvalue weighted by atomic mass is 16.1. The number of hydrogen-bond donors (Lipinski definition) is 2. The third kappa shape index (κ3) is 1.82. The van der Waals surface area contributed by atoms with Crippen LogP contribution in [0.5, 0.6) is 0 Å². The number of hydrogen-bond acceptors (Lipinski definition) is 3. The van der Waals surface area contributed by atoms with Crippen LogP contribution in [0.25, 0.3) is 0 Å². The highest BCUT2D eigenvalue weighted by molar-refractivity contribution is 5.78. The Balaban J connectivity index is 1.95. The number of aromatic nitrogens is 2. The Morgan fingerprint density at radius 1 is 1.44 bits per heavy atom. The van der Waals surface area contributed by atoms with Gasteiger partial charge in [-0.15, -0.1) is 0 Å². The van der Waals surface area contributed by atoms with E-state index >= 15 is 0 Å². The van der Waals surface area contributed by atoms with Crippen LogP contribution in [0.4, 0.5) is 0 Å². The van der Waals surface area contributed by atoms with E-state index in [1.54, 1.807) is 0 Å². The molecule has 1 aromatic rings. The van der Waals surface area contributed by atoms with E-state index in [1.165, 1.54) is 5.69 Å². The monoisotopic (exact) mass is 248 g/mol. The Bertz CT molecular complexity index is 448. The molecular formula is C13H20N4O. The maximum Gasteiger partial charge on any atom is 0.220 e. The number of aryl methyl sites for hydroxylation is 1. The Morgan fingerprint density at radius 3 is 2.89 bits per heavy atom. The van der Waals surface area contributed by atoms with Gasteiger partial charge in [0.1, 0.15) is 0 Å². The lowest BCUT2D eigenvalue weighted by Crippen LogP contribution is -2.51. The van der Waals surface area contributed by atoms with E-state index < -0.39 is 0 Å². The fourth-order valence-electron chi connectivity index (χ4n) is 3.53. The van der Waals surface area contributed by atoms with Crippen molar-refractivity contribution < 1.29 is 4.79 Å². The molecule has 3 rings (SSSR count). The van der Waals surface area contributed by atoms with Gasteiger partial charge in [0.2, 0.25) is 5.91 Å². The average molecular weight is 248 g/mol. The molecule has 1 amide bonds. The second-order valence-corrected chi connectivity index (χ2v) is 5.53. The summed E-state index contributed by atoms with van der Waals surface area (Å²) in [7, 11) is 1.99. The molecule has 1 aromatic heterocycles. The van der Waals surface area contributed by atoms with E-state index in [9.17, 15) is 4.79 Å². The topological polar surface area (TPSA) is 59.0 Å². The normalized spacial score (nSPS) is 27.2. The number of amides is 1. The summed E-state index contributed by atoms with van der Waals surface area (Å²) in [6, 6.07) is 2.09. The van der Waals surface area contributed by atoms with Gasteiger partial charge < -0.3 is 10.6 Å². The molecule has 0 radical (unpaired) electrons. The molecule has 2 saturated heterocycles. The molecule has 0 aliphatic carbocycles. The van der Waals surface area contributed by atoms with Gasteiger partial charge >= 0.3 is 0 Å². The van der Waals surface area contributed by atoms with Crippen molar-refractivity contribution in [2.24, 2.45) is 12.5 Å². The molecule has 2 N–H and O–H groups in total. The van der Waals surface area contributed by atoms with Crippen molar-refractivity contribution in [3.05, 3.63) is 18.0 Å². The molecule has 0 aromatic carbocycles. The average Bonchev–Trinajstić information content (AvgIpc) is 2.76. The summed E-state index contributed by atoms with van der Waals surface area (Å²) in [6.45, 7) is 2.78. The van der Waals surface area contributed by atoms with E-state index in [0.717, 1.165) is 32.5 Å². The molecule has 98 valence electrons. The molecule has 0 bridgehead atoms. The molecule has 3 heterocycles. The number of rotatable bonds is 1. The molecule has 0 saturated carbocycles. The summed E-state index contributed by atoms with van der Waals surface area (Å²) in [5, 5.41) is 10.7. The minimum Gasteiger partial charge on any atom is -0.355 e. The smallest absolute Gasteiger partial charge is 0.220 e. The molecule has 2 aliphatic rings. The van der Waals surface area contributed by atoms with Gasteiger partial charge in [-0.3, -0.25) is 9.48 Å². The fraction of sp³-hybridized carbons (Fsp3) is 0.692. The van der Waals surface area contributed by atoms with Crippen molar-refractivity contribution in [2.75, 3.05) is 19.6 Å². The lowest BCUT2D eigenvalue weighted by Gasteiger charge is -2.46. The Morgan fingerprint density at radius 2 is 2.22 bits per heavy atom. The van der Waals surface area contributed by atoms with Crippen LogP contribution in [-0.4, -0.2) is 35.3 Å². The minimum atomic E-state index is 0.126. The predicted octanol–water partition coefficient (Wildman–Crippen LogP) is 0.393. The van der Waals surface area contributed by atoms with Gasteiger partial charge in [-0.1, -0.05) is 0 Å². The third-order valence-electron chi connectivity index (χ3n) is 4.57. The predicted molar refractivity (Wildman–Crippen MR) is 68.1 cm³/mol. The highest BCUT2D eigenvalue weighted by Crippen LogP contribution is 2.47. The molecule has 5 nitrogen and oxygen atoms in total. The second-order valence-electron chi connectivity index (χ2n) is 5.53. The van der Waals surface area contributed by atoms with Gasteiger partial charge in [0.05, 0.1) is 0 Å². The lowest BCUT2D eigenvalue weighted by atomic mass is 9.64. The number of carbonyl (C=O) groups is 1. The molecule has 5 heteroatoms. The third-order valence-corrected chi connectivity index (χ3v) is 4.57. The van der Waals surface area contributed by atoms with Gasteiger partial charge in [-0.05, 0) is 37.4 Å². The highest BCUT2D eigenvalue weighted by Gasteiger charge is 2.45. The van der Waals surface area contributed by atoms with Crippen molar-refractivity contribution >= 4 is 5.91 Å². The second kappa shape index (κ2) is 4.39. The van der Waals surface area contributed by atoms with Gasteiger partial charge in [0.15, 0.2) is 0 Å². The molecular weight excluding hydrogens is 228 g/mol. The molecule has 2 fully saturated rings. The number of carbonyl (C=O) groups excluding carboxylic acids is 1. The van der Waals surface area contributed by atoms with E-state index in [2.05, 4.69) is 21.8 Å². The van der Waals surface area contributed by atoms with Crippen LogP contribution in [0.15, 0.2) is 12.3 Å². The zero-order valence-electron chi connectivity index (χ0n) is 10.8. The van der Waals surface area contributed by atoms with Gasteiger partial charge in [-0.2, -0.15) is 5.10 Å². The maximum atomic E-state index is 11.8. The van der Waals surface area contributed by atoms with Crippen molar-refractivity contribution in [3.63, 3.8) is 0 Å². The summed E-state index contributed by atoms with van der Waals surface area (Å²) >= 11 is 0. The zero-order valence-corrected chi connectivity index (χ0v) is 10.8. The fourth-order valence-corrected chi connectivity index (χ4v) is 3.53. The zero-order chi connectivity index (χ0) is 12.6. The van der Waals surface area contributed by atoms with Crippen molar-refractivity contribution in [3.8, 4) is 0 Å². The van der Waals surface area contributed by atoms with E-state index in [0.29, 0.717) is 12.3 Å². The van der Waals surface area contributed by atoms with Gasteiger partial charge in [-0.25, -0.2) is 0 Å². The Kier molecular flexibility index (Phi) is 2.86. The quantitative estimate of drug-likeness (QED) is 0.756. The standard InChI is InChI=1S/C13H20N4O/c1-17-11(2-5-16-17)10-9-15-12(18)8-13(10)3-6-14-7-4-13/h2,5,10,14H,3-4,6-9H2,1H3,(H,15,18). The molecule has 18 heavy (non-hydrogen) atoms. The van der Waals surface area contributed by atoms with Crippen molar-refractivity contribution in [2.45, 2.75) is 25.2 Å². The van der Waals surface area contributed by atoms with Crippen molar-refractivity contribution in [1.29, 1.82) is 0 Å². The largest absolute Gasteiger partial charge is 0.355 e. The summed E-state index contributed by atoms with van der Waals surface area (Å²) in [4.78, 5) is 11.8. The van der Waals surface area contributed by atoms with Crippen LogP contribution in [0.3, 0.4) is 0 Å². The van der Waals surface area contributed by atoms with Crippen LogP contribution < -0.4 is 10.6 Å². The Hall–Kier alpha value is -1.36. The SMILES string of the molecule is Cn1nccc1C1CNC(=O)CC12CCNCC2. The van der Waals surface area contributed by atoms with E-state index in [1.807, 2.05) is 17.9 Å². The van der Waals surface area contributed by atoms with Crippen LogP contribution in [0.1, 0.15) is 30.9 Å². The number of nitrogens with zero attached hydrogens (tertiary/aromatic N) is 2. The molecule has 1 atom stereocenters. The Labute approximate surface area is 107 Å². The lowest BCUT2D eigenvalue weighted by molar-refractivity contribution is -0.127. The van der Waals surface area contributed by atoms with Crippen LogP contribution in [-0.2, 0) is 11.8 Å². The van der Waals surface area contributed by atoms with Gasteiger partial charge in [0.25, 0.3) is 0 Å². The number of nitrogens with one attached hydrogen (secondary N) is 2. The maximum absolute atomic E-state index is 11.8. The molecule has 2 aliphatic heterocycles. The van der Waals surface area contributed by atoms with Crippen LogP contribution in [0, 0.1) is 5.41 Å². The molecule has 1 spiro atoms. The van der Waals surface area contributed by atoms with Crippen LogP contribution >= 0.6 is 0 Å². The van der Waals surface area contributed by atoms with Gasteiger partial charge in [0, 0.05) is 37.8 Å². The first-order valence-electron chi connectivity index (χ1n) is 6.67. The summed E-state index contributed by atoms with van der Waals surface area (Å²) in [6.07, 6.45) is 4.66. The first kappa shape index (κ1) is 11.7. The summed E-state index contributed by atoms with van der Waals surface area (Å²) in [5.41, 5.74) is 1.37. The van der Waals surface area contributed by atoms with Crippen LogP contribution in [0.2, 0.25) is 0 Å². The van der Waals surface area contributed by atoms with E-state index in [4.69, 9.17) is 0 Å². The molecule has 1 unspecified atom stereocenters. The first-order chi connectivity index (χ1) is 8.71. The van der Waals surface area contributed by atoms with E-state index in [-0.39, 0.29) is 11.3 Å². The summed E-state index contributed by atoms with van der Waals surface area (Å²) < 4.78 is 1.95. The summed E-state index contributed by atoms with van der Waals surface area (Å²) in [5.74, 6) is 0.597. The number of piperidine rings is 2. The minimum absolute atomic E-state index is 0.126. The van der Waals surface area contributed by atoms with Crippen molar-refractivity contribution in [1.82, 2.24) is 20.4 Å². The first-order valence-corrected chi connectivity index (χ1v) is 6.67.